The van der Waals surface area contributed by atoms with Gasteiger partial charge in [0, 0.05) is 6.20 Å². The summed E-state index contributed by atoms with van der Waals surface area (Å²) in [7, 11) is 0. The highest BCUT2D eigenvalue weighted by Crippen LogP contribution is 2.32. The molecule has 0 aliphatic rings. The Morgan fingerprint density at radius 1 is 1.24 bits per heavy atom. The minimum atomic E-state index is -0.759. The molecule has 25 heavy (non-hydrogen) atoms. The fourth-order valence-electron chi connectivity index (χ4n) is 1.79. The Hall–Kier alpha value is -2.05. The van der Waals surface area contributed by atoms with Gasteiger partial charge in [-0.1, -0.05) is 23.2 Å². The van der Waals surface area contributed by atoms with Crippen LogP contribution in [0.1, 0.15) is 38.1 Å². The number of carbonyl (C=O) groups excluding carboxylic acids is 3. The van der Waals surface area contributed by atoms with Crippen molar-refractivity contribution >= 4 is 46.6 Å². The molecule has 1 rings (SSSR count). The lowest BCUT2D eigenvalue weighted by atomic mass is 10.1. The summed E-state index contributed by atoms with van der Waals surface area (Å²) in [5, 5.41) is 2.88. The molecular formula is C17H19Cl2NO5. The number of ketones is 1. The van der Waals surface area contributed by atoms with Crippen molar-refractivity contribution in [3.8, 4) is 0 Å². The molecule has 1 N–H and O–H groups in total. The maximum Gasteiger partial charge on any atom is 0.343 e. The normalized spacial score (nSPS) is 11.2. The summed E-state index contributed by atoms with van der Waals surface area (Å²) in [5.74, 6) is -1.91. The van der Waals surface area contributed by atoms with Crippen LogP contribution in [0.15, 0.2) is 23.9 Å². The number of rotatable bonds is 7. The molecular weight excluding hydrogens is 369 g/mol. The van der Waals surface area contributed by atoms with E-state index in [1.807, 2.05) is 0 Å². The van der Waals surface area contributed by atoms with Crippen molar-refractivity contribution in [3.05, 3.63) is 39.5 Å². The van der Waals surface area contributed by atoms with Gasteiger partial charge in [-0.05, 0) is 39.8 Å². The molecule has 0 bridgehead atoms. The zero-order valence-electron chi connectivity index (χ0n) is 14.3. The van der Waals surface area contributed by atoms with Crippen LogP contribution in [0.4, 0.5) is 5.69 Å². The van der Waals surface area contributed by atoms with Crippen LogP contribution in [-0.2, 0) is 19.1 Å². The number of ether oxygens (including phenoxy) is 2. The maximum absolute atomic E-state index is 12.0. The van der Waals surface area contributed by atoms with Gasteiger partial charge in [0.15, 0.2) is 5.78 Å². The van der Waals surface area contributed by atoms with E-state index in [1.54, 1.807) is 20.8 Å². The summed E-state index contributed by atoms with van der Waals surface area (Å²) in [4.78, 5) is 35.5. The molecule has 6 nitrogen and oxygen atoms in total. The molecule has 0 spiro atoms. The lowest BCUT2D eigenvalue weighted by Crippen LogP contribution is -2.18. The number of nitrogens with one attached hydrogen (secondary N) is 1. The van der Waals surface area contributed by atoms with Gasteiger partial charge in [0.1, 0.15) is 5.57 Å². The van der Waals surface area contributed by atoms with Gasteiger partial charge in [0.2, 0.25) is 0 Å². The van der Waals surface area contributed by atoms with Crippen molar-refractivity contribution < 1.29 is 23.9 Å². The summed E-state index contributed by atoms with van der Waals surface area (Å²) in [6.07, 6.45) is 0.807. The van der Waals surface area contributed by atoms with Crippen LogP contribution in [0, 0.1) is 0 Å². The number of benzene rings is 1. The predicted octanol–water partition coefficient (Wildman–Crippen LogP) is 4.01. The molecule has 1 aromatic rings. The number of Topliss-reactive ketones (excluding diaryl/α,β-unsaturated/α-hetero) is 1. The second-order valence-electron chi connectivity index (χ2n) is 5.22. The average Bonchev–Trinajstić information content (AvgIpc) is 2.48. The van der Waals surface area contributed by atoms with Gasteiger partial charge in [0.05, 0.1) is 34.0 Å². The number of halogens is 2. The summed E-state index contributed by atoms with van der Waals surface area (Å²) in [6, 6.07) is 2.96. The third-order valence-electron chi connectivity index (χ3n) is 2.88. The topological polar surface area (TPSA) is 81.7 Å². The van der Waals surface area contributed by atoms with E-state index in [0.717, 1.165) is 0 Å². The Kier molecular flexibility index (Phi) is 7.93. The molecule has 0 amide bonds. The van der Waals surface area contributed by atoms with E-state index in [-0.39, 0.29) is 39.6 Å². The predicted molar refractivity (Wildman–Crippen MR) is 96.0 cm³/mol. The fourth-order valence-corrected chi connectivity index (χ4v) is 2.37. The zero-order chi connectivity index (χ0) is 19.1. The van der Waals surface area contributed by atoms with Gasteiger partial charge in [-0.3, -0.25) is 4.79 Å². The molecule has 0 atom stereocenters. The lowest BCUT2D eigenvalue weighted by Gasteiger charge is -2.12. The first-order valence-corrected chi connectivity index (χ1v) is 8.28. The maximum atomic E-state index is 12.0. The summed E-state index contributed by atoms with van der Waals surface area (Å²) in [5.41, 5.74) is 0.0975. The molecule has 0 heterocycles. The standard InChI is InChI=1S/C17H19Cl2NO5/c1-5-24-17(23)14-12(18)6-7-13(15(14)19)20-8-11(10(4)21)16(22)25-9(2)3/h6-9,20H,5H2,1-4H3. The second kappa shape index (κ2) is 9.44. The van der Waals surface area contributed by atoms with E-state index in [9.17, 15) is 14.4 Å². The Labute approximate surface area is 156 Å². The summed E-state index contributed by atoms with van der Waals surface area (Å²) in [6.45, 7) is 6.40. The van der Waals surface area contributed by atoms with Gasteiger partial charge in [0.25, 0.3) is 0 Å². The lowest BCUT2D eigenvalue weighted by molar-refractivity contribution is -0.143. The SMILES string of the molecule is CCOC(=O)c1c(Cl)ccc(NC=C(C(C)=O)C(=O)OC(C)C)c1Cl. The number of anilines is 1. The van der Waals surface area contributed by atoms with Crippen LogP contribution in [0.5, 0.6) is 0 Å². The van der Waals surface area contributed by atoms with Crippen LogP contribution in [-0.4, -0.2) is 30.4 Å². The van der Waals surface area contributed by atoms with Crippen LogP contribution < -0.4 is 5.32 Å². The Balaban J connectivity index is 3.17. The first kappa shape index (κ1) is 21.0. The Morgan fingerprint density at radius 3 is 2.40 bits per heavy atom. The molecule has 0 unspecified atom stereocenters. The molecule has 8 heteroatoms. The summed E-state index contributed by atoms with van der Waals surface area (Å²) >= 11 is 12.2. The molecule has 136 valence electrons. The first-order valence-electron chi connectivity index (χ1n) is 7.52. The number of esters is 2. The monoisotopic (exact) mass is 387 g/mol. The van der Waals surface area contributed by atoms with Crippen molar-refractivity contribution in [1.82, 2.24) is 0 Å². The quantitative estimate of drug-likeness (QED) is 0.329. The molecule has 0 aromatic heterocycles. The van der Waals surface area contributed by atoms with Crippen LogP contribution in [0.25, 0.3) is 0 Å². The molecule has 0 fully saturated rings. The third kappa shape index (κ3) is 5.76. The molecule has 1 aromatic carbocycles. The molecule has 0 aliphatic carbocycles. The van der Waals surface area contributed by atoms with Gasteiger partial charge in [-0.2, -0.15) is 0 Å². The Bertz CT molecular complexity index is 713. The van der Waals surface area contributed by atoms with Crippen LogP contribution in [0.3, 0.4) is 0 Å². The molecule has 0 saturated heterocycles. The van der Waals surface area contributed by atoms with Crippen LogP contribution in [0.2, 0.25) is 10.0 Å². The van der Waals surface area contributed by atoms with E-state index in [2.05, 4.69) is 5.32 Å². The zero-order valence-corrected chi connectivity index (χ0v) is 15.8. The molecule has 0 aliphatic heterocycles. The van der Waals surface area contributed by atoms with E-state index in [1.165, 1.54) is 25.3 Å². The van der Waals surface area contributed by atoms with E-state index < -0.39 is 17.7 Å². The third-order valence-corrected chi connectivity index (χ3v) is 3.59. The van der Waals surface area contributed by atoms with Gasteiger partial charge in [-0.15, -0.1) is 0 Å². The van der Waals surface area contributed by atoms with Crippen molar-refractivity contribution in [3.63, 3.8) is 0 Å². The molecule has 0 radical (unpaired) electrons. The average molecular weight is 388 g/mol. The van der Waals surface area contributed by atoms with Gasteiger partial charge < -0.3 is 14.8 Å². The number of hydrogen-bond acceptors (Lipinski definition) is 6. The van der Waals surface area contributed by atoms with E-state index in [4.69, 9.17) is 32.7 Å². The second-order valence-corrected chi connectivity index (χ2v) is 6.00. The van der Waals surface area contributed by atoms with Crippen molar-refractivity contribution in [2.75, 3.05) is 11.9 Å². The highest BCUT2D eigenvalue weighted by atomic mass is 35.5. The highest BCUT2D eigenvalue weighted by Gasteiger charge is 2.20. The smallest absolute Gasteiger partial charge is 0.343 e. The van der Waals surface area contributed by atoms with E-state index >= 15 is 0 Å². The van der Waals surface area contributed by atoms with Gasteiger partial charge in [-0.25, -0.2) is 9.59 Å². The van der Waals surface area contributed by atoms with Crippen molar-refractivity contribution in [2.24, 2.45) is 0 Å². The van der Waals surface area contributed by atoms with Crippen LogP contribution >= 0.6 is 23.2 Å². The fraction of sp³-hybridized carbons (Fsp3) is 0.353. The Morgan fingerprint density at radius 2 is 1.88 bits per heavy atom. The summed E-state index contributed by atoms with van der Waals surface area (Å²) < 4.78 is 9.92. The van der Waals surface area contributed by atoms with Gasteiger partial charge >= 0.3 is 11.9 Å². The first-order chi connectivity index (χ1) is 11.7. The largest absolute Gasteiger partial charge is 0.462 e. The van der Waals surface area contributed by atoms with E-state index in [0.29, 0.717) is 0 Å². The minimum Gasteiger partial charge on any atom is -0.462 e. The van der Waals surface area contributed by atoms with Crippen molar-refractivity contribution in [2.45, 2.75) is 33.8 Å². The molecule has 0 saturated carbocycles. The minimum absolute atomic E-state index is 0.00212. The van der Waals surface area contributed by atoms with Crippen molar-refractivity contribution in [1.29, 1.82) is 0 Å². The highest BCUT2D eigenvalue weighted by molar-refractivity contribution is 6.41. The number of carbonyl (C=O) groups is 3. The number of hydrogen-bond donors (Lipinski definition) is 1.